The topological polar surface area (TPSA) is 55.2 Å². The maximum atomic E-state index is 15.1. The standard InChI is InChI=1S/C30H24FN3O2/c31-23-15-9-17-25(28(23)30-34-27(19-36-30)21-12-5-2-6-13-21)32-24-16-8-7-14-22(24)29-33-26(18-35-29)20-10-3-1-4-11-20/h1-17,26-27,32H,18-19H2/t26-,27-/m0/s1. The summed E-state index contributed by atoms with van der Waals surface area (Å²) in [5.74, 6) is 0.451. The molecule has 6 rings (SSSR count). The van der Waals surface area contributed by atoms with Crippen LogP contribution in [0.25, 0.3) is 0 Å². The Labute approximate surface area is 209 Å². The first-order valence-corrected chi connectivity index (χ1v) is 11.9. The van der Waals surface area contributed by atoms with Crippen molar-refractivity contribution in [3.05, 3.63) is 131 Å². The Bertz CT molecular complexity index is 1440. The first-order valence-electron chi connectivity index (χ1n) is 11.9. The highest BCUT2D eigenvalue weighted by atomic mass is 19.1. The predicted molar refractivity (Wildman–Crippen MR) is 139 cm³/mol. The van der Waals surface area contributed by atoms with Crippen molar-refractivity contribution in [1.29, 1.82) is 0 Å². The Morgan fingerprint density at radius 2 is 1.17 bits per heavy atom. The number of nitrogens with zero attached hydrogens (tertiary/aromatic N) is 2. The molecule has 0 saturated carbocycles. The summed E-state index contributed by atoms with van der Waals surface area (Å²) in [7, 11) is 0. The maximum absolute atomic E-state index is 15.1. The van der Waals surface area contributed by atoms with Crippen LogP contribution in [0.1, 0.15) is 34.3 Å². The third-order valence-electron chi connectivity index (χ3n) is 6.33. The lowest BCUT2D eigenvalue weighted by molar-refractivity contribution is 0.319. The zero-order valence-corrected chi connectivity index (χ0v) is 19.5. The van der Waals surface area contributed by atoms with E-state index < -0.39 is 5.82 Å². The van der Waals surface area contributed by atoms with Gasteiger partial charge in [0.05, 0.1) is 22.5 Å². The predicted octanol–water partition coefficient (Wildman–Crippen LogP) is 6.61. The van der Waals surface area contributed by atoms with E-state index in [2.05, 4.69) is 17.4 Å². The number of halogens is 1. The smallest absolute Gasteiger partial charge is 0.222 e. The molecule has 0 bridgehead atoms. The molecule has 0 radical (unpaired) electrons. The van der Waals surface area contributed by atoms with Crippen molar-refractivity contribution in [2.75, 3.05) is 18.5 Å². The molecular formula is C30H24FN3O2. The molecule has 178 valence electrons. The molecule has 4 aromatic rings. The van der Waals surface area contributed by atoms with Crippen LogP contribution in [0.5, 0.6) is 0 Å². The summed E-state index contributed by atoms with van der Waals surface area (Å²) in [6.07, 6.45) is 0. The van der Waals surface area contributed by atoms with E-state index in [1.165, 1.54) is 6.07 Å². The van der Waals surface area contributed by atoms with Crippen molar-refractivity contribution >= 4 is 23.2 Å². The molecule has 4 aromatic carbocycles. The number of hydrogen-bond acceptors (Lipinski definition) is 5. The SMILES string of the molecule is Fc1cccc(Nc2ccccc2C2=N[C@H](c3ccccc3)CO2)c1C1=N[C@H](c2ccccc2)CO1. The van der Waals surface area contributed by atoms with Gasteiger partial charge in [-0.3, -0.25) is 0 Å². The Balaban J connectivity index is 1.32. The van der Waals surface area contributed by atoms with Crippen LogP contribution >= 0.6 is 0 Å². The van der Waals surface area contributed by atoms with Gasteiger partial charge in [0.2, 0.25) is 11.8 Å². The molecule has 1 N–H and O–H groups in total. The highest BCUT2D eigenvalue weighted by Gasteiger charge is 2.27. The minimum atomic E-state index is -0.399. The Hall–Kier alpha value is -4.45. The van der Waals surface area contributed by atoms with E-state index in [1.807, 2.05) is 78.9 Å². The minimum Gasteiger partial charge on any atom is -0.475 e. The number of para-hydroxylation sites is 1. The van der Waals surface area contributed by atoms with Gasteiger partial charge in [-0.05, 0) is 35.4 Å². The van der Waals surface area contributed by atoms with Crippen molar-refractivity contribution in [3.8, 4) is 0 Å². The van der Waals surface area contributed by atoms with Gasteiger partial charge in [0.15, 0.2) is 0 Å². The van der Waals surface area contributed by atoms with Crippen molar-refractivity contribution in [3.63, 3.8) is 0 Å². The fraction of sp³-hybridized carbons (Fsp3) is 0.133. The van der Waals surface area contributed by atoms with Crippen molar-refractivity contribution < 1.29 is 13.9 Å². The quantitative estimate of drug-likeness (QED) is 0.340. The average Bonchev–Trinajstić information content (AvgIpc) is 3.61. The van der Waals surface area contributed by atoms with Crippen LogP contribution in [-0.2, 0) is 9.47 Å². The van der Waals surface area contributed by atoms with Gasteiger partial charge < -0.3 is 14.8 Å². The molecule has 0 aromatic heterocycles. The van der Waals surface area contributed by atoms with Gasteiger partial charge in [0.1, 0.15) is 31.1 Å². The Morgan fingerprint density at radius 1 is 0.611 bits per heavy atom. The van der Waals surface area contributed by atoms with Crippen LogP contribution < -0.4 is 5.32 Å². The molecule has 6 heteroatoms. The fourth-order valence-corrected chi connectivity index (χ4v) is 4.49. The summed E-state index contributed by atoms with van der Waals surface area (Å²) < 4.78 is 27.0. The summed E-state index contributed by atoms with van der Waals surface area (Å²) in [6, 6.07) is 32.4. The fourth-order valence-electron chi connectivity index (χ4n) is 4.49. The van der Waals surface area contributed by atoms with E-state index in [0.29, 0.717) is 36.3 Å². The lowest BCUT2D eigenvalue weighted by Gasteiger charge is -2.15. The van der Waals surface area contributed by atoms with Gasteiger partial charge in [0.25, 0.3) is 0 Å². The van der Waals surface area contributed by atoms with E-state index in [1.54, 1.807) is 6.07 Å². The molecule has 2 aliphatic heterocycles. The molecule has 0 amide bonds. The largest absolute Gasteiger partial charge is 0.475 e. The number of ether oxygens (including phenoxy) is 2. The van der Waals surface area contributed by atoms with Gasteiger partial charge in [0, 0.05) is 0 Å². The van der Waals surface area contributed by atoms with Gasteiger partial charge in [-0.25, -0.2) is 14.4 Å². The first kappa shape index (κ1) is 22.0. The van der Waals surface area contributed by atoms with Gasteiger partial charge in [-0.15, -0.1) is 0 Å². The van der Waals surface area contributed by atoms with E-state index in [-0.39, 0.29) is 12.1 Å². The molecule has 2 aliphatic rings. The molecular weight excluding hydrogens is 453 g/mol. The highest BCUT2D eigenvalue weighted by molar-refractivity contribution is 6.04. The number of nitrogens with one attached hydrogen (secondary N) is 1. The van der Waals surface area contributed by atoms with E-state index in [4.69, 9.17) is 19.5 Å². The number of hydrogen-bond donors (Lipinski definition) is 1. The zero-order chi connectivity index (χ0) is 24.3. The summed E-state index contributed by atoms with van der Waals surface area (Å²) in [4.78, 5) is 9.52. The van der Waals surface area contributed by atoms with Crippen LogP contribution in [0.2, 0.25) is 0 Å². The molecule has 2 heterocycles. The number of aliphatic imine (C=N–C) groups is 2. The summed E-state index contributed by atoms with van der Waals surface area (Å²) in [5, 5.41) is 3.38. The lowest BCUT2D eigenvalue weighted by Crippen LogP contribution is -2.10. The minimum absolute atomic E-state index is 0.0600. The third-order valence-corrected chi connectivity index (χ3v) is 6.33. The molecule has 0 unspecified atom stereocenters. The lowest BCUT2D eigenvalue weighted by atomic mass is 10.1. The number of anilines is 2. The Kier molecular flexibility index (Phi) is 5.91. The molecule has 0 spiro atoms. The van der Waals surface area contributed by atoms with Crippen molar-refractivity contribution in [2.24, 2.45) is 9.98 Å². The second-order valence-corrected chi connectivity index (χ2v) is 8.68. The van der Waals surface area contributed by atoms with Crippen LogP contribution in [-0.4, -0.2) is 25.0 Å². The number of rotatable bonds is 6. The van der Waals surface area contributed by atoms with Crippen LogP contribution in [0, 0.1) is 5.82 Å². The molecule has 36 heavy (non-hydrogen) atoms. The number of benzene rings is 4. The second kappa shape index (κ2) is 9.66. The van der Waals surface area contributed by atoms with Gasteiger partial charge >= 0.3 is 0 Å². The summed E-state index contributed by atoms with van der Waals surface area (Å²) in [6.45, 7) is 0.847. The van der Waals surface area contributed by atoms with Crippen molar-refractivity contribution in [2.45, 2.75) is 12.1 Å². The maximum Gasteiger partial charge on any atom is 0.222 e. The monoisotopic (exact) mass is 477 g/mol. The summed E-state index contributed by atoms with van der Waals surface area (Å²) >= 11 is 0. The molecule has 0 aliphatic carbocycles. The zero-order valence-electron chi connectivity index (χ0n) is 19.5. The average molecular weight is 478 g/mol. The van der Waals surface area contributed by atoms with E-state index in [9.17, 15) is 0 Å². The molecule has 5 nitrogen and oxygen atoms in total. The molecule has 0 fully saturated rings. The highest BCUT2D eigenvalue weighted by Crippen LogP contribution is 2.33. The normalized spacial score (nSPS) is 18.7. The second-order valence-electron chi connectivity index (χ2n) is 8.68. The Morgan fingerprint density at radius 3 is 1.86 bits per heavy atom. The molecule has 0 saturated heterocycles. The third kappa shape index (κ3) is 4.33. The van der Waals surface area contributed by atoms with E-state index in [0.717, 1.165) is 22.4 Å². The summed E-state index contributed by atoms with van der Waals surface area (Å²) in [5.41, 5.74) is 4.58. The van der Waals surface area contributed by atoms with Crippen LogP contribution in [0.15, 0.2) is 113 Å². The van der Waals surface area contributed by atoms with Crippen LogP contribution in [0.3, 0.4) is 0 Å². The first-order chi connectivity index (χ1) is 17.8. The van der Waals surface area contributed by atoms with E-state index >= 15 is 4.39 Å². The van der Waals surface area contributed by atoms with Crippen LogP contribution in [0.4, 0.5) is 15.8 Å². The molecule has 2 atom stereocenters. The van der Waals surface area contributed by atoms with Gasteiger partial charge in [-0.2, -0.15) is 0 Å². The van der Waals surface area contributed by atoms with Crippen molar-refractivity contribution in [1.82, 2.24) is 0 Å². The van der Waals surface area contributed by atoms with Gasteiger partial charge in [-0.1, -0.05) is 78.9 Å².